The molecule has 0 bridgehead atoms. The minimum atomic E-state index is -0.383. The maximum Gasteiger partial charge on any atom is 0.339 e. The van der Waals surface area contributed by atoms with Crippen molar-refractivity contribution in [2.24, 2.45) is 0 Å². The second-order valence-corrected chi connectivity index (χ2v) is 5.69. The molecule has 1 unspecified atom stereocenters. The fourth-order valence-corrected chi connectivity index (χ4v) is 2.83. The van der Waals surface area contributed by atoms with Crippen molar-refractivity contribution in [3.8, 4) is 5.75 Å². The van der Waals surface area contributed by atoms with E-state index < -0.39 is 0 Å². The Bertz CT molecular complexity index is 748. The van der Waals surface area contributed by atoms with Gasteiger partial charge in [0, 0.05) is 13.1 Å². The van der Waals surface area contributed by atoms with Gasteiger partial charge < -0.3 is 19.5 Å². The van der Waals surface area contributed by atoms with Crippen LogP contribution in [-0.2, 0) is 9.47 Å². The molecular formula is C18H20N2O4. The zero-order valence-electron chi connectivity index (χ0n) is 13.7. The van der Waals surface area contributed by atoms with Crippen molar-refractivity contribution in [2.75, 3.05) is 31.7 Å². The van der Waals surface area contributed by atoms with Crippen LogP contribution < -0.4 is 4.90 Å². The molecule has 1 aliphatic heterocycles. The maximum atomic E-state index is 11.7. The van der Waals surface area contributed by atoms with Crippen molar-refractivity contribution >= 4 is 11.8 Å². The number of aryl methyl sites for hydroxylation is 1. The zero-order chi connectivity index (χ0) is 17.1. The van der Waals surface area contributed by atoms with E-state index in [1.807, 2.05) is 12.1 Å². The van der Waals surface area contributed by atoms with E-state index in [1.165, 1.54) is 7.11 Å². The number of nitrogens with zero attached hydrogens (tertiary/aromatic N) is 2. The van der Waals surface area contributed by atoms with Crippen molar-refractivity contribution in [1.82, 2.24) is 4.98 Å². The lowest BCUT2D eigenvalue weighted by Crippen LogP contribution is -2.39. The number of carbonyl (C=O) groups excluding carboxylic acids is 1. The number of esters is 1. The lowest BCUT2D eigenvalue weighted by atomic mass is 10.1. The molecule has 3 rings (SSSR count). The van der Waals surface area contributed by atoms with Crippen LogP contribution in [0.1, 0.15) is 27.7 Å². The van der Waals surface area contributed by atoms with Crippen LogP contribution in [0.25, 0.3) is 0 Å². The summed E-state index contributed by atoms with van der Waals surface area (Å²) in [5, 5.41) is 9.64. The highest BCUT2D eigenvalue weighted by Gasteiger charge is 2.24. The molecule has 2 aromatic rings. The molecule has 1 saturated heterocycles. The van der Waals surface area contributed by atoms with E-state index in [0.29, 0.717) is 24.4 Å². The molecule has 0 amide bonds. The third-order valence-corrected chi connectivity index (χ3v) is 4.11. The topological polar surface area (TPSA) is 71.9 Å². The third kappa shape index (κ3) is 3.33. The zero-order valence-corrected chi connectivity index (χ0v) is 13.7. The van der Waals surface area contributed by atoms with Crippen molar-refractivity contribution in [3.05, 3.63) is 53.2 Å². The number of aromatic nitrogens is 1. The molecule has 126 valence electrons. The number of aromatic hydroxyl groups is 1. The summed E-state index contributed by atoms with van der Waals surface area (Å²) in [6.07, 6.45) is -0.131. The molecule has 2 heterocycles. The first-order chi connectivity index (χ1) is 11.6. The fraction of sp³-hybridized carbons (Fsp3) is 0.333. The third-order valence-electron chi connectivity index (χ3n) is 4.11. The Morgan fingerprint density at radius 2 is 2.21 bits per heavy atom. The molecule has 0 radical (unpaired) electrons. The van der Waals surface area contributed by atoms with Crippen LogP contribution in [0, 0.1) is 6.92 Å². The molecule has 1 atom stereocenters. The number of carbonyl (C=O) groups is 1. The first kappa shape index (κ1) is 16.3. The molecule has 6 nitrogen and oxygen atoms in total. The van der Waals surface area contributed by atoms with Crippen LogP contribution in [-0.4, -0.2) is 42.9 Å². The van der Waals surface area contributed by atoms with Gasteiger partial charge in [-0.1, -0.05) is 12.1 Å². The lowest BCUT2D eigenvalue weighted by Gasteiger charge is -2.34. The minimum Gasteiger partial charge on any atom is -0.508 e. The van der Waals surface area contributed by atoms with Gasteiger partial charge in [0.05, 0.1) is 25.0 Å². The van der Waals surface area contributed by atoms with Gasteiger partial charge in [-0.05, 0) is 36.8 Å². The quantitative estimate of drug-likeness (QED) is 0.873. The smallest absolute Gasteiger partial charge is 0.339 e. The van der Waals surface area contributed by atoms with E-state index in [4.69, 9.17) is 9.47 Å². The average Bonchev–Trinajstić information content (AvgIpc) is 2.61. The van der Waals surface area contributed by atoms with Crippen LogP contribution in [0.3, 0.4) is 0 Å². The van der Waals surface area contributed by atoms with E-state index in [2.05, 4.69) is 9.88 Å². The number of phenols is 1. The summed E-state index contributed by atoms with van der Waals surface area (Å²) in [5.41, 5.74) is 2.04. The van der Waals surface area contributed by atoms with Crippen molar-refractivity contribution < 1.29 is 19.4 Å². The normalized spacial score (nSPS) is 17.6. The number of anilines is 1. The summed E-state index contributed by atoms with van der Waals surface area (Å²) in [6, 6.07) is 10.7. The second kappa shape index (κ2) is 6.88. The van der Waals surface area contributed by atoms with Gasteiger partial charge in [0.15, 0.2) is 0 Å². The summed E-state index contributed by atoms with van der Waals surface area (Å²) in [5.74, 6) is 0.643. The predicted octanol–water partition coefficient (Wildman–Crippen LogP) is 2.46. The van der Waals surface area contributed by atoms with Gasteiger partial charge in [-0.2, -0.15) is 0 Å². The van der Waals surface area contributed by atoms with Gasteiger partial charge in [-0.15, -0.1) is 0 Å². The molecule has 24 heavy (non-hydrogen) atoms. The number of rotatable bonds is 3. The number of ether oxygens (including phenoxy) is 2. The van der Waals surface area contributed by atoms with Gasteiger partial charge in [0.1, 0.15) is 17.7 Å². The van der Waals surface area contributed by atoms with Gasteiger partial charge in [0.2, 0.25) is 0 Å². The fourth-order valence-electron chi connectivity index (χ4n) is 2.83. The SMILES string of the molecule is COC(=O)c1ccc(N2CCOC(c3cccc(O)c3)C2)nc1C. The first-order valence-corrected chi connectivity index (χ1v) is 7.80. The number of morpholine rings is 1. The van der Waals surface area contributed by atoms with E-state index >= 15 is 0 Å². The Hall–Kier alpha value is -2.60. The molecule has 0 spiro atoms. The first-order valence-electron chi connectivity index (χ1n) is 7.80. The highest BCUT2D eigenvalue weighted by molar-refractivity contribution is 5.90. The van der Waals surface area contributed by atoms with Gasteiger partial charge in [-0.3, -0.25) is 0 Å². The van der Waals surface area contributed by atoms with Crippen LogP contribution >= 0.6 is 0 Å². The highest BCUT2D eigenvalue weighted by atomic mass is 16.5. The highest BCUT2D eigenvalue weighted by Crippen LogP contribution is 2.27. The number of methoxy groups -OCH3 is 1. The Kier molecular flexibility index (Phi) is 4.66. The summed E-state index contributed by atoms with van der Waals surface area (Å²) in [6.45, 7) is 3.72. The molecule has 1 aromatic heterocycles. The van der Waals surface area contributed by atoms with Crippen LogP contribution in [0.2, 0.25) is 0 Å². The number of hydrogen-bond acceptors (Lipinski definition) is 6. The molecular weight excluding hydrogens is 308 g/mol. The Balaban J connectivity index is 1.80. The summed E-state index contributed by atoms with van der Waals surface area (Å²) in [7, 11) is 1.36. The Labute approximate surface area is 140 Å². The maximum absolute atomic E-state index is 11.7. The molecule has 1 aromatic carbocycles. The summed E-state index contributed by atoms with van der Waals surface area (Å²) >= 11 is 0. The molecule has 1 aliphatic rings. The monoisotopic (exact) mass is 328 g/mol. The van der Waals surface area contributed by atoms with Crippen molar-refractivity contribution in [2.45, 2.75) is 13.0 Å². The van der Waals surface area contributed by atoms with Crippen molar-refractivity contribution in [3.63, 3.8) is 0 Å². The number of hydrogen-bond donors (Lipinski definition) is 1. The van der Waals surface area contributed by atoms with Crippen LogP contribution in [0.5, 0.6) is 5.75 Å². The standard InChI is InChI=1S/C18H20N2O4/c1-12-15(18(22)23-2)6-7-17(19-12)20-8-9-24-16(11-20)13-4-3-5-14(21)10-13/h3-7,10,16,21H,8-9,11H2,1-2H3. The van der Waals surface area contributed by atoms with Crippen LogP contribution in [0.15, 0.2) is 36.4 Å². The summed E-state index contributed by atoms with van der Waals surface area (Å²) in [4.78, 5) is 18.3. The average molecular weight is 328 g/mol. The lowest BCUT2D eigenvalue weighted by molar-refractivity contribution is 0.0393. The molecule has 1 fully saturated rings. The minimum absolute atomic E-state index is 0.131. The predicted molar refractivity (Wildman–Crippen MR) is 89.3 cm³/mol. The Morgan fingerprint density at radius 3 is 2.92 bits per heavy atom. The van der Waals surface area contributed by atoms with E-state index in [0.717, 1.165) is 17.9 Å². The number of phenolic OH excluding ortho intramolecular Hbond substituents is 1. The molecule has 0 saturated carbocycles. The van der Waals surface area contributed by atoms with E-state index in [-0.39, 0.29) is 17.8 Å². The molecule has 0 aliphatic carbocycles. The number of pyridine rings is 1. The van der Waals surface area contributed by atoms with Crippen LogP contribution in [0.4, 0.5) is 5.82 Å². The van der Waals surface area contributed by atoms with E-state index in [9.17, 15) is 9.90 Å². The summed E-state index contributed by atoms with van der Waals surface area (Å²) < 4.78 is 10.6. The Morgan fingerprint density at radius 1 is 1.38 bits per heavy atom. The largest absolute Gasteiger partial charge is 0.508 e. The molecule has 6 heteroatoms. The van der Waals surface area contributed by atoms with Crippen molar-refractivity contribution in [1.29, 1.82) is 0 Å². The second-order valence-electron chi connectivity index (χ2n) is 5.69. The van der Waals surface area contributed by atoms with E-state index in [1.54, 1.807) is 31.2 Å². The molecule has 1 N–H and O–H groups in total. The number of benzene rings is 1. The van der Waals surface area contributed by atoms with Gasteiger partial charge in [-0.25, -0.2) is 9.78 Å². The van der Waals surface area contributed by atoms with Gasteiger partial charge >= 0.3 is 5.97 Å². The van der Waals surface area contributed by atoms with Gasteiger partial charge in [0.25, 0.3) is 0 Å².